The molecule has 2 aromatic rings. The minimum Gasteiger partial charge on any atom is -0.352 e. The monoisotopic (exact) mass is 401 g/mol. The predicted molar refractivity (Wildman–Crippen MR) is 96.7 cm³/mol. The van der Waals surface area contributed by atoms with Crippen LogP contribution in [0.25, 0.3) is 5.69 Å². The topological polar surface area (TPSA) is 102 Å². The van der Waals surface area contributed by atoms with E-state index in [1.54, 1.807) is 0 Å². The molecule has 11 heteroatoms. The van der Waals surface area contributed by atoms with E-state index in [2.05, 4.69) is 15.7 Å². The zero-order chi connectivity index (χ0) is 20.0. The van der Waals surface area contributed by atoms with Gasteiger partial charge in [0, 0.05) is 5.69 Å². The second-order valence-corrected chi connectivity index (χ2v) is 6.49. The van der Waals surface area contributed by atoms with Crippen molar-refractivity contribution in [3.8, 4) is 5.69 Å². The lowest BCUT2D eigenvalue weighted by molar-refractivity contribution is -0.142. The minimum absolute atomic E-state index is 0.194. The average molecular weight is 401 g/mol. The Morgan fingerprint density at radius 1 is 1.26 bits per heavy atom. The summed E-state index contributed by atoms with van der Waals surface area (Å²) in [7, 11) is 0. The molecule has 1 aromatic heterocycles. The molecule has 0 bridgehead atoms. The number of carbonyl (C=O) groups is 2. The number of aromatic nitrogens is 2. The first-order chi connectivity index (χ1) is 12.7. The third-order valence-corrected chi connectivity index (χ3v) is 4.20. The number of primary amides is 1. The van der Waals surface area contributed by atoms with Crippen molar-refractivity contribution in [2.45, 2.75) is 18.6 Å². The molecule has 27 heavy (non-hydrogen) atoms. The molecule has 0 saturated heterocycles. The molecule has 1 aromatic carbocycles. The quantitative estimate of drug-likeness (QED) is 0.664. The molecule has 0 aliphatic heterocycles. The van der Waals surface area contributed by atoms with Gasteiger partial charge in [-0.2, -0.15) is 30.0 Å². The van der Waals surface area contributed by atoms with E-state index in [0.717, 1.165) is 16.9 Å². The van der Waals surface area contributed by atoms with Gasteiger partial charge in [-0.25, -0.2) is 9.48 Å². The Morgan fingerprint density at radius 3 is 2.48 bits per heavy atom. The standard InChI is InChI=1S/C16H18F3N5O2S/c1-27-9-7-12(23-15(20)26)14(25)22-10-2-4-11(5-3-10)24-13(6-8-21-24)16(17,18)19/h2-6,8,12H,7,9H2,1H3,(H,22,25)(H3,20,23,26). The van der Waals surface area contributed by atoms with Crippen LogP contribution in [0.2, 0.25) is 0 Å². The Kier molecular flexibility index (Phi) is 6.72. The Balaban J connectivity index is 2.12. The summed E-state index contributed by atoms with van der Waals surface area (Å²) in [6.07, 6.45) is -1.22. The lowest BCUT2D eigenvalue weighted by Crippen LogP contribution is -2.46. The molecule has 1 heterocycles. The zero-order valence-electron chi connectivity index (χ0n) is 14.3. The smallest absolute Gasteiger partial charge is 0.352 e. The lowest BCUT2D eigenvalue weighted by atomic mass is 10.2. The average Bonchev–Trinajstić information content (AvgIpc) is 3.09. The van der Waals surface area contributed by atoms with Crippen molar-refractivity contribution in [2.75, 3.05) is 17.3 Å². The number of thioether (sulfide) groups is 1. The van der Waals surface area contributed by atoms with E-state index in [1.165, 1.54) is 36.0 Å². The van der Waals surface area contributed by atoms with Gasteiger partial charge in [-0.3, -0.25) is 4.79 Å². The Bertz CT molecular complexity index is 792. The third kappa shape index (κ3) is 5.64. The van der Waals surface area contributed by atoms with Gasteiger partial charge in [0.1, 0.15) is 11.7 Å². The van der Waals surface area contributed by atoms with Gasteiger partial charge in [0.2, 0.25) is 5.91 Å². The van der Waals surface area contributed by atoms with Crippen LogP contribution < -0.4 is 16.4 Å². The van der Waals surface area contributed by atoms with Crippen molar-refractivity contribution in [3.63, 3.8) is 0 Å². The van der Waals surface area contributed by atoms with Gasteiger partial charge in [0.25, 0.3) is 0 Å². The summed E-state index contributed by atoms with van der Waals surface area (Å²) in [4.78, 5) is 23.3. The summed E-state index contributed by atoms with van der Waals surface area (Å²) >= 11 is 1.51. The van der Waals surface area contributed by atoms with Crippen molar-refractivity contribution >= 4 is 29.4 Å². The van der Waals surface area contributed by atoms with Crippen molar-refractivity contribution in [1.29, 1.82) is 0 Å². The first-order valence-corrected chi connectivity index (χ1v) is 9.19. The van der Waals surface area contributed by atoms with E-state index in [0.29, 0.717) is 17.9 Å². The van der Waals surface area contributed by atoms with Crippen LogP contribution in [0.4, 0.5) is 23.7 Å². The number of nitrogens with two attached hydrogens (primary N) is 1. The SMILES string of the molecule is CSCCC(NC(N)=O)C(=O)Nc1ccc(-n2nccc2C(F)(F)F)cc1. The van der Waals surface area contributed by atoms with Gasteiger partial charge in [0.05, 0.1) is 11.9 Å². The molecule has 4 N–H and O–H groups in total. The van der Waals surface area contributed by atoms with Crippen LogP contribution in [0.5, 0.6) is 0 Å². The highest BCUT2D eigenvalue weighted by Gasteiger charge is 2.35. The van der Waals surface area contributed by atoms with Crippen LogP contribution in [0.1, 0.15) is 12.1 Å². The molecule has 0 saturated carbocycles. The second kappa shape index (κ2) is 8.80. The van der Waals surface area contributed by atoms with Crippen LogP contribution in [0.3, 0.4) is 0 Å². The number of alkyl halides is 3. The van der Waals surface area contributed by atoms with Crippen LogP contribution in [0.15, 0.2) is 36.5 Å². The number of halogens is 3. The third-order valence-electron chi connectivity index (χ3n) is 3.56. The highest BCUT2D eigenvalue weighted by atomic mass is 32.2. The molecular formula is C16H18F3N5O2S. The number of urea groups is 1. The van der Waals surface area contributed by atoms with Gasteiger partial charge in [-0.15, -0.1) is 0 Å². The largest absolute Gasteiger partial charge is 0.433 e. The summed E-state index contributed by atoms with van der Waals surface area (Å²) in [5.41, 5.74) is 4.74. The number of hydrogen-bond acceptors (Lipinski definition) is 4. The normalized spacial score (nSPS) is 12.4. The molecule has 3 amide bonds. The summed E-state index contributed by atoms with van der Waals surface area (Å²) in [5, 5.41) is 8.65. The van der Waals surface area contributed by atoms with E-state index in [1.807, 2.05) is 6.26 Å². The Morgan fingerprint density at radius 2 is 1.93 bits per heavy atom. The summed E-state index contributed by atoms with van der Waals surface area (Å²) < 4.78 is 39.6. The van der Waals surface area contributed by atoms with Gasteiger partial charge in [-0.1, -0.05) is 0 Å². The number of anilines is 1. The van der Waals surface area contributed by atoms with E-state index in [4.69, 9.17) is 5.73 Å². The summed E-state index contributed by atoms with van der Waals surface area (Å²) in [6.45, 7) is 0. The Hall–Kier alpha value is -2.69. The molecule has 0 aliphatic rings. The molecule has 0 aliphatic carbocycles. The van der Waals surface area contributed by atoms with Crippen molar-refractivity contribution < 1.29 is 22.8 Å². The first kappa shape index (κ1) is 20.6. The highest BCUT2D eigenvalue weighted by Crippen LogP contribution is 2.30. The van der Waals surface area contributed by atoms with E-state index in [9.17, 15) is 22.8 Å². The van der Waals surface area contributed by atoms with E-state index < -0.39 is 29.9 Å². The van der Waals surface area contributed by atoms with Crippen molar-refractivity contribution in [3.05, 3.63) is 42.2 Å². The lowest BCUT2D eigenvalue weighted by Gasteiger charge is -2.17. The number of nitrogens with one attached hydrogen (secondary N) is 2. The van der Waals surface area contributed by atoms with Gasteiger partial charge in [-0.05, 0) is 48.8 Å². The van der Waals surface area contributed by atoms with Crippen molar-refractivity contribution in [2.24, 2.45) is 5.73 Å². The molecular weight excluding hydrogens is 383 g/mol. The molecule has 2 rings (SSSR count). The number of benzene rings is 1. The van der Waals surface area contributed by atoms with Crippen LogP contribution in [-0.4, -0.2) is 39.8 Å². The van der Waals surface area contributed by atoms with E-state index in [-0.39, 0.29) is 5.69 Å². The molecule has 7 nitrogen and oxygen atoms in total. The van der Waals surface area contributed by atoms with E-state index >= 15 is 0 Å². The highest BCUT2D eigenvalue weighted by molar-refractivity contribution is 7.98. The molecule has 1 atom stereocenters. The molecule has 1 unspecified atom stereocenters. The molecule has 0 spiro atoms. The van der Waals surface area contributed by atoms with Crippen LogP contribution in [-0.2, 0) is 11.0 Å². The van der Waals surface area contributed by atoms with Crippen LogP contribution in [0, 0.1) is 0 Å². The van der Waals surface area contributed by atoms with Gasteiger partial charge in [0.15, 0.2) is 0 Å². The second-order valence-electron chi connectivity index (χ2n) is 5.50. The fourth-order valence-corrected chi connectivity index (χ4v) is 2.79. The fourth-order valence-electron chi connectivity index (χ4n) is 2.32. The molecule has 146 valence electrons. The number of hydrogen-bond donors (Lipinski definition) is 3. The maximum atomic E-state index is 12.9. The fraction of sp³-hybridized carbons (Fsp3) is 0.312. The van der Waals surface area contributed by atoms with Crippen molar-refractivity contribution in [1.82, 2.24) is 15.1 Å². The summed E-state index contributed by atoms with van der Waals surface area (Å²) in [5.74, 6) is 0.169. The van der Waals surface area contributed by atoms with Gasteiger partial charge < -0.3 is 16.4 Å². The minimum atomic E-state index is -4.53. The number of rotatable bonds is 7. The van der Waals surface area contributed by atoms with Gasteiger partial charge >= 0.3 is 12.2 Å². The first-order valence-electron chi connectivity index (χ1n) is 7.80. The maximum absolute atomic E-state index is 12.9. The molecule has 0 fully saturated rings. The predicted octanol–water partition coefficient (Wildman–Crippen LogP) is 2.62. The zero-order valence-corrected chi connectivity index (χ0v) is 15.1. The number of carbonyl (C=O) groups excluding carboxylic acids is 2. The number of amides is 3. The summed E-state index contributed by atoms with van der Waals surface area (Å²) in [6, 6.07) is 4.95. The van der Waals surface area contributed by atoms with Crippen LogP contribution >= 0.6 is 11.8 Å². The maximum Gasteiger partial charge on any atom is 0.433 e. The number of nitrogens with zero attached hydrogens (tertiary/aromatic N) is 2. The molecule has 0 radical (unpaired) electrons. The Labute approximate surface area is 157 Å².